The van der Waals surface area contributed by atoms with Crippen molar-refractivity contribution in [2.75, 3.05) is 13.2 Å². The highest BCUT2D eigenvalue weighted by Crippen LogP contribution is 2.15. The molecule has 0 bridgehead atoms. The Morgan fingerprint density at radius 3 is 2.80 bits per heavy atom. The molecule has 1 aliphatic rings. The first-order valence-corrected chi connectivity index (χ1v) is 5.80. The van der Waals surface area contributed by atoms with Gasteiger partial charge in [0.1, 0.15) is 0 Å². The predicted octanol–water partition coefficient (Wildman–Crippen LogP) is 0.668. The van der Waals surface area contributed by atoms with Crippen LogP contribution < -0.4 is 10.6 Å². The van der Waals surface area contributed by atoms with E-state index in [1.807, 2.05) is 13.8 Å². The van der Waals surface area contributed by atoms with Crippen LogP contribution in [0, 0.1) is 0 Å². The third-order valence-electron chi connectivity index (χ3n) is 2.78. The lowest BCUT2D eigenvalue weighted by molar-refractivity contribution is -0.123. The molecule has 4 heteroatoms. The van der Waals surface area contributed by atoms with E-state index in [9.17, 15) is 4.79 Å². The fraction of sp³-hybridized carbons (Fsp3) is 0.909. The molecule has 1 fully saturated rings. The van der Waals surface area contributed by atoms with Crippen molar-refractivity contribution >= 4 is 5.91 Å². The highest BCUT2D eigenvalue weighted by atomic mass is 16.5. The van der Waals surface area contributed by atoms with Crippen molar-refractivity contribution in [3.63, 3.8) is 0 Å². The van der Waals surface area contributed by atoms with Gasteiger partial charge in [-0.1, -0.05) is 0 Å². The Morgan fingerprint density at radius 1 is 1.53 bits per heavy atom. The van der Waals surface area contributed by atoms with Crippen molar-refractivity contribution in [1.82, 2.24) is 10.6 Å². The smallest absolute Gasteiger partial charge is 0.236 e. The van der Waals surface area contributed by atoms with Gasteiger partial charge in [0.2, 0.25) is 5.91 Å². The molecule has 88 valence electrons. The molecule has 0 radical (unpaired) electrons. The zero-order valence-corrected chi connectivity index (χ0v) is 9.88. The summed E-state index contributed by atoms with van der Waals surface area (Å²) in [5, 5.41) is 6.07. The predicted molar refractivity (Wildman–Crippen MR) is 59.7 cm³/mol. The van der Waals surface area contributed by atoms with E-state index in [2.05, 4.69) is 17.6 Å². The molecule has 1 heterocycles. The van der Waals surface area contributed by atoms with E-state index in [0.717, 1.165) is 19.4 Å². The summed E-state index contributed by atoms with van der Waals surface area (Å²) in [4.78, 5) is 11.5. The molecule has 2 N–H and O–H groups in total. The van der Waals surface area contributed by atoms with E-state index in [1.54, 1.807) is 0 Å². The minimum Gasteiger partial charge on any atom is -0.377 e. The fourth-order valence-electron chi connectivity index (χ4n) is 1.90. The molecule has 0 saturated carbocycles. The Balaban J connectivity index is 2.29. The van der Waals surface area contributed by atoms with Gasteiger partial charge in [-0.25, -0.2) is 0 Å². The molecular formula is C11H22N2O2. The summed E-state index contributed by atoms with van der Waals surface area (Å²) in [5.41, 5.74) is 0. The van der Waals surface area contributed by atoms with Crippen molar-refractivity contribution in [1.29, 1.82) is 0 Å². The minimum absolute atomic E-state index is 0.0577. The van der Waals surface area contributed by atoms with Gasteiger partial charge in [-0.15, -0.1) is 0 Å². The normalized spacial score (nSPS) is 24.9. The number of rotatable bonds is 5. The van der Waals surface area contributed by atoms with Gasteiger partial charge in [-0.3, -0.25) is 4.79 Å². The maximum atomic E-state index is 11.5. The van der Waals surface area contributed by atoms with Gasteiger partial charge < -0.3 is 15.4 Å². The van der Waals surface area contributed by atoms with Crippen LogP contribution in [0.25, 0.3) is 0 Å². The van der Waals surface area contributed by atoms with E-state index in [-0.39, 0.29) is 24.1 Å². The van der Waals surface area contributed by atoms with Crippen LogP contribution in [0.15, 0.2) is 0 Å². The molecule has 1 saturated heterocycles. The summed E-state index contributed by atoms with van der Waals surface area (Å²) >= 11 is 0. The Hall–Kier alpha value is -0.610. The number of nitrogens with one attached hydrogen (secondary N) is 2. The maximum Gasteiger partial charge on any atom is 0.236 e. The van der Waals surface area contributed by atoms with Crippen LogP contribution >= 0.6 is 0 Å². The van der Waals surface area contributed by atoms with Crippen LogP contribution in [0.3, 0.4) is 0 Å². The molecule has 0 aromatic carbocycles. The lowest BCUT2D eigenvalue weighted by Gasteiger charge is -2.23. The van der Waals surface area contributed by atoms with Gasteiger partial charge in [-0.05, 0) is 33.6 Å². The molecular weight excluding hydrogens is 192 g/mol. The molecule has 3 atom stereocenters. The van der Waals surface area contributed by atoms with E-state index in [0.29, 0.717) is 6.54 Å². The Kier molecular flexibility index (Phi) is 5.05. The largest absolute Gasteiger partial charge is 0.377 e. The quantitative estimate of drug-likeness (QED) is 0.707. The van der Waals surface area contributed by atoms with Gasteiger partial charge in [0, 0.05) is 19.2 Å². The van der Waals surface area contributed by atoms with Crippen LogP contribution in [0.1, 0.15) is 33.6 Å². The van der Waals surface area contributed by atoms with Gasteiger partial charge >= 0.3 is 0 Å². The van der Waals surface area contributed by atoms with Crippen molar-refractivity contribution in [3.05, 3.63) is 0 Å². The van der Waals surface area contributed by atoms with Crippen LogP contribution in [0.2, 0.25) is 0 Å². The summed E-state index contributed by atoms with van der Waals surface area (Å²) in [6.45, 7) is 7.42. The first kappa shape index (κ1) is 12.5. The molecule has 0 aromatic rings. The lowest BCUT2D eigenvalue weighted by Crippen LogP contribution is -2.49. The summed E-state index contributed by atoms with van der Waals surface area (Å²) in [6, 6.07) is 0.0919. The van der Waals surface area contributed by atoms with E-state index >= 15 is 0 Å². The van der Waals surface area contributed by atoms with Crippen LogP contribution in [0.5, 0.6) is 0 Å². The Labute approximate surface area is 91.8 Å². The van der Waals surface area contributed by atoms with Crippen LogP contribution in [-0.4, -0.2) is 37.2 Å². The molecule has 1 rings (SSSR count). The summed E-state index contributed by atoms with van der Waals surface area (Å²) in [5.74, 6) is 0.0577. The maximum absolute atomic E-state index is 11.5. The number of likely N-dealkylation sites (N-methyl/N-ethyl adjacent to an activating group) is 1. The number of amides is 1. The number of hydrogen-bond donors (Lipinski definition) is 2. The molecule has 1 aliphatic heterocycles. The van der Waals surface area contributed by atoms with E-state index < -0.39 is 0 Å². The van der Waals surface area contributed by atoms with Crippen molar-refractivity contribution < 1.29 is 9.53 Å². The number of carbonyl (C=O) groups is 1. The van der Waals surface area contributed by atoms with Crippen molar-refractivity contribution in [2.45, 2.75) is 51.8 Å². The Bertz CT molecular complexity index is 203. The summed E-state index contributed by atoms with van der Waals surface area (Å²) in [7, 11) is 0. The molecule has 15 heavy (non-hydrogen) atoms. The van der Waals surface area contributed by atoms with E-state index in [1.165, 1.54) is 0 Å². The highest BCUT2D eigenvalue weighted by Gasteiger charge is 2.24. The molecule has 0 aromatic heterocycles. The second-order valence-electron chi connectivity index (χ2n) is 4.12. The molecule has 3 unspecified atom stereocenters. The number of hydrogen-bond acceptors (Lipinski definition) is 3. The average molecular weight is 214 g/mol. The molecule has 4 nitrogen and oxygen atoms in total. The van der Waals surface area contributed by atoms with Crippen molar-refractivity contribution in [3.8, 4) is 0 Å². The van der Waals surface area contributed by atoms with Crippen molar-refractivity contribution in [2.24, 2.45) is 0 Å². The highest BCUT2D eigenvalue weighted by molar-refractivity contribution is 5.81. The fourth-order valence-corrected chi connectivity index (χ4v) is 1.90. The van der Waals surface area contributed by atoms with Gasteiger partial charge in [-0.2, -0.15) is 0 Å². The van der Waals surface area contributed by atoms with Gasteiger partial charge in [0.25, 0.3) is 0 Å². The van der Waals surface area contributed by atoms with Crippen LogP contribution in [0.4, 0.5) is 0 Å². The summed E-state index contributed by atoms with van der Waals surface area (Å²) < 4.78 is 5.56. The second-order valence-corrected chi connectivity index (χ2v) is 4.12. The van der Waals surface area contributed by atoms with E-state index in [4.69, 9.17) is 4.74 Å². The third kappa shape index (κ3) is 3.80. The molecule has 0 spiro atoms. The number of ether oxygens (including phenoxy) is 1. The van der Waals surface area contributed by atoms with Crippen LogP contribution in [-0.2, 0) is 9.53 Å². The summed E-state index contributed by atoms with van der Waals surface area (Å²) in [6.07, 6.45) is 2.49. The zero-order valence-electron chi connectivity index (χ0n) is 9.88. The third-order valence-corrected chi connectivity index (χ3v) is 2.78. The average Bonchev–Trinajstić information content (AvgIpc) is 2.70. The molecule has 1 amide bonds. The molecule has 0 aliphatic carbocycles. The minimum atomic E-state index is -0.149. The Morgan fingerprint density at radius 2 is 2.27 bits per heavy atom. The first-order chi connectivity index (χ1) is 7.15. The van der Waals surface area contributed by atoms with Gasteiger partial charge in [0.05, 0.1) is 12.1 Å². The topological polar surface area (TPSA) is 50.4 Å². The monoisotopic (exact) mass is 214 g/mol. The zero-order chi connectivity index (χ0) is 11.3. The lowest BCUT2D eigenvalue weighted by atomic mass is 10.1. The number of carbonyl (C=O) groups excluding carboxylic acids is 1. The SMILES string of the molecule is CCNC(=O)C(C)NC(C)C1CCCO1. The first-order valence-electron chi connectivity index (χ1n) is 5.80. The standard InChI is InChI=1S/C11H22N2O2/c1-4-12-11(14)9(3)13-8(2)10-6-5-7-15-10/h8-10,13H,4-7H2,1-3H3,(H,12,14). The van der Waals surface area contributed by atoms with Gasteiger partial charge in [0.15, 0.2) is 0 Å². The second kappa shape index (κ2) is 6.08.